The Labute approximate surface area is 144 Å². The van der Waals surface area contributed by atoms with Crippen LogP contribution in [0.3, 0.4) is 0 Å². The van der Waals surface area contributed by atoms with Gasteiger partial charge in [-0.3, -0.25) is 4.98 Å². The fourth-order valence-electron chi connectivity index (χ4n) is 3.90. The normalized spacial score (nSPS) is 17.1. The van der Waals surface area contributed by atoms with Gasteiger partial charge in [-0.15, -0.1) is 0 Å². The van der Waals surface area contributed by atoms with Crippen molar-refractivity contribution in [3.8, 4) is 11.1 Å². The monoisotopic (exact) mass is 330 g/mol. The lowest BCUT2D eigenvalue weighted by Crippen LogP contribution is -2.28. The molecule has 1 atom stereocenters. The number of anilines is 1. The Bertz CT molecular complexity index is 1110. The quantitative estimate of drug-likeness (QED) is 0.558. The van der Waals surface area contributed by atoms with Gasteiger partial charge in [0.15, 0.2) is 5.82 Å². The fraction of sp³-hybridized carbons (Fsp3) is 0.211. The van der Waals surface area contributed by atoms with Crippen molar-refractivity contribution in [3.05, 3.63) is 54.1 Å². The molecule has 6 heteroatoms. The molecule has 0 bridgehead atoms. The number of fused-ring (bicyclic) bond motifs is 4. The molecule has 124 valence electrons. The number of hydrogen-bond donors (Lipinski definition) is 2. The second-order valence-corrected chi connectivity index (χ2v) is 6.63. The molecule has 4 aromatic rings. The third kappa shape index (κ3) is 2.11. The Hall–Kier alpha value is -2.99. The number of nitrogen functional groups attached to an aromatic ring is 1. The molecule has 0 fully saturated rings. The van der Waals surface area contributed by atoms with Crippen molar-refractivity contribution >= 4 is 22.2 Å². The fourth-order valence-corrected chi connectivity index (χ4v) is 3.90. The molecule has 1 aliphatic carbocycles. The average Bonchev–Trinajstić information content (AvgIpc) is 2.96. The van der Waals surface area contributed by atoms with Crippen molar-refractivity contribution in [2.75, 3.05) is 5.73 Å². The van der Waals surface area contributed by atoms with E-state index in [1.165, 1.54) is 11.9 Å². The van der Waals surface area contributed by atoms with Crippen LogP contribution in [0, 0.1) is 0 Å². The zero-order valence-electron chi connectivity index (χ0n) is 13.7. The highest BCUT2D eigenvalue weighted by Gasteiger charge is 2.27. The van der Waals surface area contributed by atoms with E-state index in [2.05, 4.69) is 27.2 Å². The maximum atomic E-state index is 6.23. The van der Waals surface area contributed by atoms with Crippen LogP contribution >= 0.6 is 0 Å². The molecule has 3 heterocycles. The van der Waals surface area contributed by atoms with E-state index in [0.29, 0.717) is 5.82 Å². The molecule has 0 saturated heterocycles. The van der Waals surface area contributed by atoms with Crippen molar-refractivity contribution in [2.24, 2.45) is 5.73 Å². The van der Waals surface area contributed by atoms with Crippen LogP contribution in [0.2, 0.25) is 0 Å². The van der Waals surface area contributed by atoms with Crippen LogP contribution in [0.1, 0.15) is 17.7 Å². The molecule has 3 aromatic heterocycles. The molecular weight excluding hydrogens is 312 g/mol. The van der Waals surface area contributed by atoms with Gasteiger partial charge in [0.2, 0.25) is 0 Å². The Kier molecular flexibility index (Phi) is 3.02. The molecule has 6 nitrogen and oxygen atoms in total. The minimum absolute atomic E-state index is 0.157. The molecule has 1 aromatic carbocycles. The molecule has 0 aliphatic heterocycles. The maximum absolute atomic E-state index is 6.23. The Balaban J connectivity index is 1.85. The van der Waals surface area contributed by atoms with Crippen LogP contribution in [-0.4, -0.2) is 25.6 Å². The van der Waals surface area contributed by atoms with Crippen molar-refractivity contribution in [3.63, 3.8) is 0 Å². The standard InChI is InChI=1S/C19H18N6/c20-13-5-6-14-16(8-13)25-18(19(21)23-10-24-25)17(14)12-7-11-3-1-2-4-15(11)22-9-12/h1-4,7,9-10,13H,5-6,8,20H2,(H2,21,23,24)/t13-/m1/s1. The highest BCUT2D eigenvalue weighted by Crippen LogP contribution is 2.38. The third-order valence-electron chi connectivity index (χ3n) is 5.06. The predicted molar refractivity (Wildman–Crippen MR) is 98.1 cm³/mol. The van der Waals surface area contributed by atoms with Gasteiger partial charge in [-0.2, -0.15) is 5.10 Å². The zero-order valence-corrected chi connectivity index (χ0v) is 13.7. The zero-order chi connectivity index (χ0) is 17.0. The number of hydrogen-bond acceptors (Lipinski definition) is 5. The molecule has 4 N–H and O–H groups in total. The molecule has 1 aliphatic rings. The minimum atomic E-state index is 0.157. The first kappa shape index (κ1) is 14.4. The summed E-state index contributed by atoms with van der Waals surface area (Å²) in [6, 6.07) is 10.4. The first-order valence-corrected chi connectivity index (χ1v) is 8.46. The lowest BCUT2D eigenvalue weighted by Gasteiger charge is -2.19. The number of nitrogens with zero attached hydrogens (tertiary/aromatic N) is 4. The molecule has 0 saturated carbocycles. The minimum Gasteiger partial charge on any atom is -0.382 e. The van der Waals surface area contributed by atoms with Gasteiger partial charge in [0.05, 0.1) is 5.52 Å². The van der Waals surface area contributed by atoms with E-state index in [-0.39, 0.29) is 6.04 Å². The van der Waals surface area contributed by atoms with Gasteiger partial charge < -0.3 is 11.5 Å². The first-order valence-electron chi connectivity index (χ1n) is 8.46. The van der Waals surface area contributed by atoms with Crippen molar-refractivity contribution < 1.29 is 0 Å². The second kappa shape index (κ2) is 5.26. The topological polar surface area (TPSA) is 95.1 Å². The van der Waals surface area contributed by atoms with E-state index >= 15 is 0 Å². The summed E-state index contributed by atoms with van der Waals surface area (Å²) in [6.45, 7) is 0. The van der Waals surface area contributed by atoms with Crippen LogP contribution in [0.4, 0.5) is 5.82 Å². The smallest absolute Gasteiger partial charge is 0.151 e. The van der Waals surface area contributed by atoms with Crippen molar-refractivity contribution in [2.45, 2.75) is 25.3 Å². The lowest BCUT2D eigenvalue weighted by atomic mass is 9.89. The van der Waals surface area contributed by atoms with E-state index in [4.69, 9.17) is 11.5 Å². The summed E-state index contributed by atoms with van der Waals surface area (Å²) in [4.78, 5) is 8.83. The summed E-state index contributed by atoms with van der Waals surface area (Å²) in [5, 5.41) is 5.56. The Morgan fingerprint density at radius 3 is 2.96 bits per heavy atom. The Morgan fingerprint density at radius 2 is 2.04 bits per heavy atom. The summed E-state index contributed by atoms with van der Waals surface area (Å²) >= 11 is 0. The highest BCUT2D eigenvalue weighted by atomic mass is 15.3. The maximum Gasteiger partial charge on any atom is 0.151 e. The summed E-state index contributed by atoms with van der Waals surface area (Å²) in [7, 11) is 0. The lowest BCUT2D eigenvalue weighted by molar-refractivity contribution is 0.559. The van der Waals surface area contributed by atoms with Crippen molar-refractivity contribution in [1.29, 1.82) is 0 Å². The number of rotatable bonds is 1. The molecular formula is C19H18N6. The van der Waals surface area contributed by atoms with E-state index in [9.17, 15) is 0 Å². The van der Waals surface area contributed by atoms with Crippen LogP contribution in [0.5, 0.6) is 0 Å². The summed E-state index contributed by atoms with van der Waals surface area (Å²) in [6.07, 6.45) is 6.10. The number of benzene rings is 1. The first-order chi connectivity index (χ1) is 12.2. The largest absolute Gasteiger partial charge is 0.382 e. The Morgan fingerprint density at radius 1 is 1.16 bits per heavy atom. The molecule has 5 rings (SSSR count). The summed E-state index contributed by atoms with van der Waals surface area (Å²) < 4.78 is 1.92. The van der Waals surface area contributed by atoms with Gasteiger partial charge in [0.25, 0.3) is 0 Å². The molecule has 25 heavy (non-hydrogen) atoms. The van der Waals surface area contributed by atoms with Gasteiger partial charge in [-0.25, -0.2) is 9.50 Å². The number of pyridine rings is 1. The van der Waals surface area contributed by atoms with Gasteiger partial charge in [-0.05, 0) is 30.5 Å². The van der Waals surface area contributed by atoms with Crippen LogP contribution in [-0.2, 0) is 12.8 Å². The van der Waals surface area contributed by atoms with E-state index < -0.39 is 0 Å². The summed E-state index contributed by atoms with van der Waals surface area (Å²) in [5.41, 5.74) is 18.8. The number of aromatic nitrogens is 4. The van der Waals surface area contributed by atoms with Gasteiger partial charge in [0.1, 0.15) is 11.8 Å². The highest BCUT2D eigenvalue weighted by molar-refractivity contribution is 5.94. The van der Waals surface area contributed by atoms with E-state index in [1.54, 1.807) is 0 Å². The molecule has 0 amide bonds. The SMILES string of the molecule is Nc1ncnn2c3c(c(-c4cnc5ccccc5c4)c12)CC[C@@H](N)C3. The van der Waals surface area contributed by atoms with Gasteiger partial charge in [-0.1, -0.05) is 18.2 Å². The number of nitrogens with two attached hydrogens (primary N) is 2. The van der Waals surface area contributed by atoms with Crippen LogP contribution < -0.4 is 11.5 Å². The van der Waals surface area contributed by atoms with E-state index in [1.807, 2.05) is 28.9 Å². The van der Waals surface area contributed by atoms with Crippen LogP contribution in [0.15, 0.2) is 42.9 Å². The van der Waals surface area contributed by atoms with Crippen LogP contribution in [0.25, 0.3) is 27.5 Å². The molecule has 0 unspecified atom stereocenters. The summed E-state index contributed by atoms with van der Waals surface area (Å²) in [5.74, 6) is 0.487. The third-order valence-corrected chi connectivity index (χ3v) is 5.06. The second-order valence-electron chi connectivity index (χ2n) is 6.63. The predicted octanol–water partition coefficient (Wildman–Crippen LogP) is 2.34. The average molecular weight is 330 g/mol. The molecule has 0 radical (unpaired) electrons. The molecule has 0 spiro atoms. The van der Waals surface area contributed by atoms with Gasteiger partial charge in [0, 0.05) is 40.9 Å². The van der Waals surface area contributed by atoms with E-state index in [0.717, 1.165) is 52.5 Å². The van der Waals surface area contributed by atoms with Crippen molar-refractivity contribution in [1.82, 2.24) is 19.6 Å². The number of para-hydroxylation sites is 1. The van der Waals surface area contributed by atoms with Gasteiger partial charge >= 0.3 is 0 Å².